The maximum atomic E-state index is 11.4. The van der Waals surface area contributed by atoms with Gasteiger partial charge in [0.25, 0.3) is 0 Å². The Hall–Kier alpha value is -1.27. The lowest BCUT2D eigenvalue weighted by Crippen LogP contribution is -2.39. The zero-order valence-electron chi connectivity index (χ0n) is 8.69. The summed E-state index contributed by atoms with van der Waals surface area (Å²) >= 11 is 8.45. The molecule has 0 aliphatic carbocycles. The van der Waals surface area contributed by atoms with Gasteiger partial charge in [0.1, 0.15) is 10.1 Å². The van der Waals surface area contributed by atoms with Gasteiger partial charge in [0, 0.05) is 0 Å². The third-order valence-corrected chi connectivity index (χ3v) is 2.05. The number of carbonyl (C=O) groups is 1. The molecule has 0 fully saturated rings. The molecule has 0 unspecified atom stereocenters. The molecule has 1 aromatic carbocycles. The standard InChI is InChI=1S/C10H12N2O2S2/c1-14-8-4-2-7(3-5-8)6-9(13)11-12-10(15)16/h2-5H,6H2,1H3,(H,11,13)(H2,12,15,16). The largest absolute Gasteiger partial charge is 0.497 e. The predicted octanol–water partition coefficient (Wildman–Crippen LogP) is 1.07. The summed E-state index contributed by atoms with van der Waals surface area (Å²) < 4.78 is 5.24. The van der Waals surface area contributed by atoms with E-state index in [9.17, 15) is 4.79 Å². The van der Waals surface area contributed by atoms with Crippen LogP contribution in [-0.4, -0.2) is 17.3 Å². The Bertz CT molecular complexity index is 379. The van der Waals surface area contributed by atoms with E-state index < -0.39 is 0 Å². The molecule has 0 aliphatic heterocycles. The van der Waals surface area contributed by atoms with Gasteiger partial charge in [-0.3, -0.25) is 15.6 Å². The number of hydrogen-bond acceptors (Lipinski definition) is 3. The molecular weight excluding hydrogens is 244 g/mol. The molecule has 4 nitrogen and oxygen atoms in total. The molecule has 0 atom stereocenters. The Morgan fingerprint density at radius 1 is 1.38 bits per heavy atom. The Morgan fingerprint density at radius 3 is 2.50 bits per heavy atom. The highest BCUT2D eigenvalue weighted by molar-refractivity contribution is 8.11. The average molecular weight is 256 g/mol. The van der Waals surface area contributed by atoms with Crippen LogP contribution < -0.4 is 15.6 Å². The van der Waals surface area contributed by atoms with Gasteiger partial charge in [0.15, 0.2) is 0 Å². The highest BCUT2D eigenvalue weighted by Crippen LogP contribution is 2.11. The first kappa shape index (κ1) is 12.8. The predicted molar refractivity (Wildman–Crippen MR) is 69.6 cm³/mol. The third-order valence-electron chi connectivity index (χ3n) is 1.83. The van der Waals surface area contributed by atoms with Crippen molar-refractivity contribution in [2.75, 3.05) is 7.11 Å². The lowest BCUT2D eigenvalue weighted by molar-refractivity contribution is -0.120. The summed E-state index contributed by atoms with van der Waals surface area (Å²) in [5.41, 5.74) is 5.77. The van der Waals surface area contributed by atoms with Gasteiger partial charge in [0.05, 0.1) is 13.5 Å². The van der Waals surface area contributed by atoms with Gasteiger partial charge < -0.3 is 4.74 Å². The van der Waals surface area contributed by atoms with Gasteiger partial charge in [-0.15, -0.1) is 12.6 Å². The first-order valence-electron chi connectivity index (χ1n) is 4.52. The molecule has 0 radical (unpaired) electrons. The minimum atomic E-state index is -0.179. The van der Waals surface area contributed by atoms with Crippen molar-refractivity contribution in [3.8, 4) is 5.75 Å². The second kappa shape index (κ2) is 6.34. The Morgan fingerprint density at radius 2 is 2.00 bits per heavy atom. The van der Waals surface area contributed by atoms with Crippen LogP contribution in [0.15, 0.2) is 24.3 Å². The van der Waals surface area contributed by atoms with Gasteiger partial charge in [-0.05, 0) is 17.7 Å². The van der Waals surface area contributed by atoms with E-state index in [-0.39, 0.29) is 16.6 Å². The first-order valence-corrected chi connectivity index (χ1v) is 5.38. The van der Waals surface area contributed by atoms with Crippen molar-refractivity contribution in [3.63, 3.8) is 0 Å². The lowest BCUT2D eigenvalue weighted by atomic mass is 10.1. The number of ether oxygens (including phenoxy) is 1. The van der Waals surface area contributed by atoms with Gasteiger partial charge in [-0.1, -0.05) is 24.4 Å². The normalized spacial score (nSPS) is 9.38. The van der Waals surface area contributed by atoms with Gasteiger partial charge in [0.2, 0.25) is 5.91 Å². The van der Waals surface area contributed by atoms with Crippen molar-refractivity contribution >= 4 is 35.1 Å². The van der Waals surface area contributed by atoms with E-state index in [1.165, 1.54) is 0 Å². The minimum absolute atomic E-state index is 0.179. The topological polar surface area (TPSA) is 50.4 Å². The summed E-state index contributed by atoms with van der Waals surface area (Å²) in [5, 5.41) is 0. The monoisotopic (exact) mass is 256 g/mol. The zero-order chi connectivity index (χ0) is 12.0. The number of thiocarbonyl (C=S) groups is 1. The maximum Gasteiger partial charge on any atom is 0.242 e. The van der Waals surface area contributed by atoms with Gasteiger partial charge >= 0.3 is 0 Å². The third kappa shape index (κ3) is 4.50. The molecule has 1 amide bonds. The Balaban J connectivity index is 2.46. The van der Waals surface area contributed by atoms with Crippen LogP contribution in [0.25, 0.3) is 0 Å². The van der Waals surface area contributed by atoms with E-state index in [0.29, 0.717) is 0 Å². The molecule has 0 aliphatic rings. The number of hydrazine groups is 1. The van der Waals surface area contributed by atoms with E-state index in [1.807, 2.05) is 12.1 Å². The number of carbonyl (C=O) groups excluding carboxylic acids is 1. The second-order valence-corrected chi connectivity index (χ2v) is 4.16. The number of nitrogens with one attached hydrogen (secondary N) is 2. The summed E-state index contributed by atoms with van der Waals surface area (Å²) in [6.07, 6.45) is 0.271. The summed E-state index contributed by atoms with van der Waals surface area (Å²) in [7, 11) is 1.60. The fourth-order valence-electron chi connectivity index (χ4n) is 1.10. The summed E-state index contributed by atoms with van der Waals surface area (Å²) in [4.78, 5) is 11.4. The number of benzene rings is 1. The molecule has 0 saturated heterocycles. The SMILES string of the molecule is COc1ccc(CC(=O)NNC(=S)S)cc1. The van der Waals surface area contributed by atoms with Crippen LogP contribution in [0.3, 0.4) is 0 Å². The number of methoxy groups -OCH3 is 1. The maximum absolute atomic E-state index is 11.4. The fourth-order valence-corrected chi connectivity index (χ4v) is 1.20. The van der Waals surface area contributed by atoms with Crippen molar-refractivity contribution in [3.05, 3.63) is 29.8 Å². The smallest absolute Gasteiger partial charge is 0.242 e. The molecule has 0 spiro atoms. The molecule has 0 saturated carbocycles. The molecule has 16 heavy (non-hydrogen) atoms. The average Bonchev–Trinajstić information content (AvgIpc) is 2.27. The minimum Gasteiger partial charge on any atom is -0.497 e. The zero-order valence-corrected chi connectivity index (χ0v) is 10.4. The number of rotatable bonds is 3. The number of amides is 1. The van der Waals surface area contributed by atoms with Crippen LogP contribution in [0.2, 0.25) is 0 Å². The molecule has 0 heterocycles. The van der Waals surface area contributed by atoms with E-state index in [1.54, 1.807) is 19.2 Å². The number of thiol groups is 1. The fraction of sp³-hybridized carbons (Fsp3) is 0.200. The van der Waals surface area contributed by atoms with Crippen LogP contribution in [0.1, 0.15) is 5.56 Å². The molecular formula is C10H12N2O2S2. The van der Waals surface area contributed by atoms with Crippen LogP contribution in [0.4, 0.5) is 0 Å². The summed E-state index contributed by atoms with van der Waals surface area (Å²) in [6.45, 7) is 0. The summed E-state index contributed by atoms with van der Waals surface area (Å²) in [6, 6.07) is 7.27. The molecule has 1 rings (SSSR count). The van der Waals surface area contributed by atoms with Crippen molar-refractivity contribution in [1.82, 2.24) is 10.9 Å². The van der Waals surface area contributed by atoms with Gasteiger partial charge in [-0.2, -0.15) is 0 Å². The highest BCUT2D eigenvalue weighted by Gasteiger charge is 2.02. The van der Waals surface area contributed by atoms with Crippen LogP contribution in [-0.2, 0) is 11.2 Å². The first-order chi connectivity index (χ1) is 7.61. The van der Waals surface area contributed by atoms with Crippen LogP contribution >= 0.6 is 24.8 Å². The second-order valence-electron chi connectivity index (χ2n) is 3.00. The molecule has 0 bridgehead atoms. The van der Waals surface area contributed by atoms with Crippen molar-refractivity contribution < 1.29 is 9.53 Å². The van der Waals surface area contributed by atoms with Crippen molar-refractivity contribution in [2.45, 2.75) is 6.42 Å². The quantitative estimate of drug-likeness (QED) is 0.430. The Labute approximate surface area is 105 Å². The lowest BCUT2D eigenvalue weighted by Gasteiger charge is -2.06. The highest BCUT2D eigenvalue weighted by atomic mass is 32.1. The summed E-state index contributed by atoms with van der Waals surface area (Å²) in [5.74, 6) is 0.584. The van der Waals surface area contributed by atoms with Crippen LogP contribution in [0.5, 0.6) is 5.75 Å². The van der Waals surface area contributed by atoms with E-state index in [4.69, 9.17) is 4.74 Å². The molecule has 1 aromatic rings. The van der Waals surface area contributed by atoms with Crippen molar-refractivity contribution in [1.29, 1.82) is 0 Å². The molecule has 6 heteroatoms. The van der Waals surface area contributed by atoms with Crippen LogP contribution in [0, 0.1) is 0 Å². The van der Waals surface area contributed by atoms with E-state index >= 15 is 0 Å². The van der Waals surface area contributed by atoms with E-state index in [2.05, 4.69) is 35.7 Å². The number of hydrogen-bond donors (Lipinski definition) is 3. The van der Waals surface area contributed by atoms with Crippen molar-refractivity contribution in [2.24, 2.45) is 0 Å². The molecule has 86 valence electrons. The molecule has 0 aromatic heterocycles. The Kier molecular flexibility index (Phi) is 5.07. The molecule has 2 N–H and O–H groups in total. The van der Waals surface area contributed by atoms with E-state index in [0.717, 1.165) is 11.3 Å². The van der Waals surface area contributed by atoms with Gasteiger partial charge in [-0.25, -0.2) is 0 Å².